The quantitative estimate of drug-likeness (QED) is 0.724. The van der Waals surface area contributed by atoms with Crippen LogP contribution >= 0.6 is 0 Å². The molecule has 0 unspecified atom stereocenters. The van der Waals surface area contributed by atoms with Gasteiger partial charge in [0.2, 0.25) is 0 Å². The summed E-state index contributed by atoms with van der Waals surface area (Å²) in [6, 6.07) is 12.0. The number of nitrogens with one attached hydrogen (secondary N) is 1. The molecule has 2 aromatic carbocycles. The standard InChI is InChI=1S/C21H22FN3O/c1-2-11-24-13-16-10-12-25(14-15-4-3-5-19(24)20(15)16)21(26)23-18-8-6-17(22)7-9-18/h3-9,13H,2,10-12,14H2,1H3,(H,23,26). The fourth-order valence-corrected chi connectivity index (χ4v) is 3.72. The van der Waals surface area contributed by atoms with E-state index in [0.717, 1.165) is 19.4 Å². The highest BCUT2D eigenvalue weighted by atomic mass is 19.1. The highest BCUT2D eigenvalue weighted by molar-refractivity contribution is 5.91. The van der Waals surface area contributed by atoms with Gasteiger partial charge >= 0.3 is 6.03 Å². The molecule has 2 amide bonds. The second-order valence-corrected chi connectivity index (χ2v) is 6.77. The molecule has 1 N–H and O–H groups in total. The van der Waals surface area contributed by atoms with Crippen molar-refractivity contribution in [2.45, 2.75) is 32.9 Å². The smallest absolute Gasteiger partial charge is 0.322 e. The number of nitrogens with zero attached hydrogens (tertiary/aromatic N) is 2. The largest absolute Gasteiger partial charge is 0.347 e. The van der Waals surface area contributed by atoms with Crippen LogP contribution in [0.25, 0.3) is 10.9 Å². The SMILES string of the molecule is CCCn1cc2c3c(cccc31)CN(C(=O)Nc1ccc(F)cc1)CC2. The second kappa shape index (κ2) is 6.83. The molecule has 0 fully saturated rings. The topological polar surface area (TPSA) is 37.3 Å². The summed E-state index contributed by atoms with van der Waals surface area (Å²) in [7, 11) is 0. The maximum absolute atomic E-state index is 13.0. The Labute approximate surface area is 152 Å². The molecule has 0 radical (unpaired) electrons. The Morgan fingerprint density at radius 3 is 2.73 bits per heavy atom. The Balaban J connectivity index is 1.59. The van der Waals surface area contributed by atoms with Gasteiger partial charge in [-0.15, -0.1) is 0 Å². The van der Waals surface area contributed by atoms with E-state index in [1.807, 2.05) is 4.90 Å². The third kappa shape index (κ3) is 3.05. The lowest BCUT2D eigenvalue weighted by Gasteiger charge is -2.22. The van der Waals surface area contributed by atoms with Gasteiger partial charge in [0, 0.05) is 42.4 Å². The van der Waals surface area contributed by atoms with E-state index in [9.17, 15) is 9.18 Å². The summed E-state index contributed by atoms with van der Waals surface area (Å²) in [6.07, 6.45) is 4.17. The summed E-state index contributed by atoms with van der Waals surface area (Å²) in [6.45, 7) is 4.43. The minimum Gasteiger partial charge on any atom is -0.347 e. The number of aromatic nitrogens is 1. The van der Waals surface area contributed by atoms with Crippen LogP contribution in [0, 0.1) is 5.82 Å². The number of amides is 2. The Morgan fingerprint density at radius 2 is 1.96 bits per heavy atom. The summed E-state index contributed by atoms with van der Waals surface area (Å²) in [5, 5.41) is 4.15. The molecule has 4 rings (SSSR count). The van der Waals surface area contributed by atoms with Crippen LogP contribution < -0.4 is 5.32 Å². The molecule has 3 aromatic rings. The highest BCUT2D eigenvalue weighted by Gasteiger charge is 2.22. The molecular formula is C21H22FN3O. The first-order valence-corrected chi connectivity index (χ1v) is 9.07. The van der Waals surface area contributed by atoms with E-state index in [-0.39, 0.29) is 11.8 Å². The first kappa shape index (κ1) is 16.6. The van der Waals surface area contributed by atoms with Gasteiger partial charge in [0.25, 0.3) is 0 Å². The predicted octanol–water partition coefficient (Wildman–Crippen LogP) is 4.78. The molecule has 0 atom stereocenters. The monoisotopic (exact) mass is 351 g/mol. The van der Waals surface area contributed by atoms with E-state index in [4.69, 9.17) is 0 Å². The number of carbonyl (C=O) groups excluding carboxylic acids is 1. The van der Waals surface area contributed by atoms with Crippen LogP contribution in [0.15, 0.2) is 48.7 Å². The van der Waals surface area contributed by atoms with Gasteiger partial charge in [-0.2, -0.15) is 0 Å². The molecule has 0 bridgehead atoms. The van der Waals surface area contributed by atoms with Gasteiger partial charge in [-0.3, -0.25) is 0 Å². The van der Waals surface area contributed by atoms with E-state index in [1.165, 1.54) is 34.2 Å². The summed E-state index contributed by atoms with van der Waals surface area (Å²) < 4.78 is 15.4. The van der Waals surface area contributed by atoms with Gasteiger partial charge in [0.05, 0.1) is 0 Å². The Hall–Kier alpha value is -2.82. The van der Waals surface area contributed by atoms with Crippen molar-refractivity contribution < 1.29 is 9.18 Å². The zero-order chi connectivity index (χ0) is 18.1. The van der Waals surface area contributed by atoms with Crippen LogP contribution in [0.3, 0.4) is 0 Å². The Bertz CT molecular complexity index is 946. The number of rotatable bonds is 3. The van der Waals surface area contributed by atoms with E-state index < -0.39 is 0 Å². The maximum Gasteiger partial charge on any atom is 0.322 e. The van der Waals surface area contributed by atoms with Crippen LogP contribution in [-0.4, -0.2) is 22.0 Å². The van der Waals surface area contributed by atoms with Crippen molar-refractivity contribution in [3.05, 3.63) is 65.6 Å². The zero-order valence-electron chi connectivity index (χ0n) is 14.8. The van der Waals surface area contributed by atoms with Crippen molar-refractivity contribution in [3.63, 3.8) is 0 Å². The molecule has 2 heterocycles. The lowest BCUT2D eigenvalue weighted by Crippen LogP contribution is -2.35. The summed E-state index contributed by atoms with van der Waals surface area (Å²) in [5.74, 6) is -0.312. The molecule has 1 aliphatic heterocycles. The molecule has 1 aliphatic rings. The normalized spacial score (nSPS) is 13.7. The van der Waals surface area contributed by atoms with E-state index in [2.05, 4.69) is 41.2 Å². The Morgan fingerprint density at radius 1 is 1.15 bits per heavy atom. The fourth-order valence-electron chi connectivity index (χ4n) is 3.72. The van der Waals surface area contributed by atoms with E-state index in [0.29, 0.717) is 18.8 Å². The van der Waals surface area contributed by atoms with Crippen LogP contribution in [0.4, 0.5) is 14.9 Å². The zero-order valence-corrected chi connectivity index (χ0v) is 14.8. The number of halogens is 1. The second-order valence-electron chi connectivity index (χ2n) is 6.77. The summed E-state index contributed by atoms with van der Waals surface area (Å²) >= 11 is 0. The molecule has 0 saturated carbocycles. The van der Waals surface area contributed by atoms with Gasteiger partial charge in [0.15, 0.2) is 0 Å². The summed E-state index contributed by atoms with van der Waals surface area (Å²) in [5.41, 5.74) is 4.34. The first-order chi connectivity index (χ1) is 12.7. The number of aryl methyl sites for hydroxylation is 1. The molecule has 0 spiro atoms. The van der Waals surface area contributed by atoms with E-state index >= 15 is 0 Å². The van der Waals surface area contributed by atoms with Crippen molar-refractivity contribution in [1.82, 2.24) is 9.47 Å². The first-order valence-electron chi connectivity index (χ1n) is 9.07. The van der Waals surface area contributed by atoms with E-state index in [1.54, 1.807) is 12.1 Å². The van der Waals surface area contributed by atoms with Crippen LogP contribution in [0.1, 0.15) is 24.5 Å². The predicted molar refractivity (Wildman–Crippen MR) is 102 cm³/mol. The number of anilines is 1. The average Bonchev–Trinajstić information content (AvgIpc) is 2.88. The molecule has 134 valence electrons. The summed E-state index contributed by atoms with van der Waals surface area (Å²) in [4.78, 5) is 14.5. The third-order valence-electron chi connectivity index (χ3n) is 4.93. The number of carbonyl (C=O) groups is 1. The minimum absolute atomic E-state index is 0.153. The molecule has 26 heavy (non-hydrogen) atoms. The lowest BCUT2D eigenvalue weighted by atomic mass is 10.1. The van der Waals surface area contributed by atoms with Gasteiger partial charge in [-0.25, -0.2) is 9.18 Å². The van der Waals surface area contributed by atoms with Crippen LogP contribution in [0.5, 0.6) is 0 Å². The van der Waals surface area contributed by atoms with Crippen molar-refractivity contribution in [2.75, 3.05) is 11.9 Å². The molecule has 1 aromatic heterocycles. The van der Waals surface area contributed by atoms with Crippen molar-refractivity contribution in [1.29, 1.82) is 0 Å². The molecule has 0 saturated heterocycles. The number of hydrogen-bond acceptors (Lipinski definition) is 1. The molecule has 0 aliphatic carbocycles. The number of hydrogen-bond donors (Lipinski definition) is 1. The molecule has 4 nitrogen and oxygen atoms in total. The molecular weight excluding hydrogens is 329 g/mol. The number of urea groups is 1. The minimum atomic E-state index is -0.312. The highest BCUT2D eigenvalue weighted by Crippen LogP contribution is 2.30. The van der Waals surface area contributed by atoms with Gasteiger partial charge in [-0.05, 0) is 54.3 Å². The fraction of sp³-hybridized carbons (Fsp3) is 0.286. The third-order valence-corrected chi connectivity index (χ3v) is 4.93. The van der Waals surface area contributed by atoms with Crippen LogP contribution in [-0.2, 0) is 19.5 Å². The van der Waals surface area contributed by atoms with Gasteiger partial charge in [-0.1, -0.05) is 19.1 Å². The van der Waals surface area contributed by atoms with Crippen molar-refractivity contribution >= 4 is 22.6 Å². The van der Waals surface area contributed by atoms with Gasteiger partial charge in [0.1, 0.15) is 5.82 Å². The van der Waals surface area contributed by atoms with Crippen molar-refractivity contribution in [2.24, 2.45) is 0 Å². The molecule has 5 heteroatoms. The van der Waals surface area contributed by atoms with Gasteiger partial charge < -0.3 is 14.8 Å². The lowest BCUT2D eigenvalue weighted by molar-refractivity contribution is 0.210. The van der Waals surface area contributed by atoms with Crippen LogP contribution in [0.2, 0.25) is 0 Å². The van der Waals surface area contributed by atoms with Crippen molar-refractivity contribution in [3.8, 4) is 0 Å². The number of benzene rings is 2. The Kier molecular flexibility index (Phi) is 4.37. The average molecular weight is 351 g/mol. The maximum atomic E-state index is 13.0.